The van der Waals surface area contributed by atoms with Gasteiger partial charge in [-0.25, -0.2) is 0 Å². The number of fused-ring (bicyclic) bond motifs is 3. The van der Waals surface area contributed by atoms with Gasteiger partial charge in [-0.2, -0.15) is 0 Å². The molecule has 2 aromatic rings. The molecule has 0 amide bonds. The van der Waals surface area contributed by atoms with Gasteiger partial charge in [-0.05, 0) is 41.0 Å². The van der Waals surface area contributed by atoms with Crippen LogP contribution in [-0.4, -0.2) is 40.1 Å². The van der Waals surface area contributed by atoms with Crippen molar-refractivity contribution in [3.05, 3.63) is 41.0 Å². The Balaban J connectivity index is 1.74. The number of nitrogens with two attached hydrogens (primary N) is 1. The third-order valence-electron chi connectivity index (χ3n) is 6.09. The van der Waals surface area contributed by atoms with E-state index in [1.807, 2.05) is 12.1 Å². The van der Waals surface area contributed by atoms with Crippen LogP contribution >= 0.6 is 0 Å². The Morgan fingerprint density at radius 1 is 1.07 bits per heavy atom. The Labute approximate surface area is 168 Å². The summed E-state index contributed by atoms with van der Waals surface area (Å²) >= 11 is 0. The first kappa shape index (κ1) is 16.8. The molecule has 4 atom stereocenters. The number of carbonyl (C=O) groups excluding carboxylic acids is 1. The normalized spacial score (nSPS) is 26.9. The Bertz CT molecular complexity index is 1000. The number of phenolic OH excluding ortho intramolecular Hbond substituents is 1. The minimum absolute atomic E-state index is 0.143. The minimum atomic E-state index is -0.468. The fraction of sp³-hybridized carbons (Fsp3) is 0.381. The number of ether oxygens (including phenoxy) is 5. The molecule has 0 spiro atoms. The molecule has 1 fully saturated rings. The lowest BCUT2D eigenvalue weighted by Gasteiger charge is -2.37. The summed E-state index contributed by atoms with van der Waals surface area (Å²) in [5, 5.41) is 4.71. The molecular formula is C21H21NO7. The Morgan fingerprint density at radius 2 is 1.72 bits per heavy atom. The monoisotopic (exact) mass is 401 g/mol. The van der Waals surface area contributed by atoms with Crippen LogP contribution in [0.4, 0.5) is 0 Å². The van der Waals surface area contributed by atoms with E-state index in [0.717, 1.165) is 16.7 Å². The molecule has 8 heteroatoms. The number of hydrogen-bond donors (Lipinski definition) is 2. The van der Waals surface area contributed by atoms with Crippen LogP contribution in [0.1, 0.15) is 28.7 Å². The summed E-state index contributed by atoms with van der Waals surface area (Å²) in [6, 6.07) is 6.92. The van der Waals surface area contributed by atoms with E-state index < -0.39 is 5.92 Å². The summed E-state index contributed by atoms with van der Waals surface area (Å²) < 4.78 is 34.7. The Morgan fingerprint density at radius 3 is 2.34 bits per heavy atom. The van der Waals surface area contributed by atoms with Crippen molar-refractivity contribution < 1.29 is 33.6 Å². The van der Waals surface area contributed by atoms with Crippen molar-refractivity contribution in [2.24, 2.45) is 17.6 Å². The molecule has 1 saturated heterocycles. The van der Waals surface area contributed by atoms with Crippen molar-refractivity contribution >= 4 is 5.97 Å². The SMILES string of the molecule is [3H]Oc1c(OC)cc(C2c3cc4c(cc3C(N)C3COC(=O)C23)OCO4)cc1OC. The zero-order chi connectivity index (χ0) is 21.0. The van der Waals surface area contributed by atoms with Crippen LogP contribution < -0.4 is 24.7 Å². The molecule has 5 rings (SSSR count). The number of aromatic hydroxyl groups is 1. The number of carbonyl (C=O) groups is 1. The highest BCUT2D eigenvalue weighted by Gasteiger charge is 2.51. The minimum Gasteiger partial charge on any atom is -0.502 e. The Hall–Kier alpha value is -3.13. The van der Waals surface area contributed by atoms with Crippen molar-refractivity contribution in [1.29, 1.82) is 1.43 Å². The van der Waals surface area contributed by atoms with Gasteiger partial charge in [0.2, 0.25) is 12.5 Å². The molecule has 0 bridgehead atoms. The molecule has 3 N–H and O–H groups in total. The fourth-order valence-electron chi connectivity index (χ4n) is 4.69. The van der Waals surface area contributed by atoms with Gasteiger partial charge in [-0.15, -0.1) is 0 Å². The average Bonchev–Trinajstić information content (AvgIpc) is 3.38. The van der Waals surface area contributed by atoms with Crippen LogP contribution in [0.25, 0.3) is 0 Å². The summed E-state index contributed by atoms with van der Waals surface area (Å²) in [5.74, 6) is 0.774. The first-order valence-corrected chi connectivity index (χ1v) is 9.32. The van der Waals surface area contributed by atoms with Gasteiger partial charge in [0.25, 0.3) is 1.43 Å². The summed E-state index contributed by atoms with van der Waals surface area (Å²) in [7, 11) is 2.97. The summed E-state index contributed by atoms with van der Waals surface area (Å²) in [6.07, 6.45) is 0. The largest absolute Gasteiger partial charge is 0.502 e. The highest BCUT2D eigenvalue weighted by molar-refractivity contribution is 5.79. The van der Waals surface area contributed by atoms with Gasteiger partial charge in [0.1, 0.15) is 0 Å². The number of phenols is 1. The molecule has 2 aliphatic heterocycles. The number of cyclic esters (lactones) is 1. The van der Waals surface area contributed by atoms with Crippen LogP contribution in [0, 0.1) is 11.8 Å². The number of rotatable bonds is 4. The molecule has 0 aromatic heterocycles. The second-order valence-electron chi connectivity index (χ2n) is 7.41. The molecule has 152 valence electrons. The molecular weight excluding hydrogens is 378 g/mol. The van der Waals surface area contributed by atoms with E-state index >= 15 is 0 Å². The lowest BCUT2D eigenvalue weighted by atomic mass is 9.65. The molecule has 29 heavy (non-hydrogen) atoms. The number of esters is 1. The topological polar surface area (TPSA) is 109 Å². The predicted molar refractivity (Wildman–Crippen MR) is 100 cm³/mol. The van der Waals surface area contributed by atoms with Crippen LogP contribution in [-0.2, 0) is 9.53 Å². The third-order valence-corrected chi connectivity index (χ3v) is 6.09. The number of methoxy groups -OCH3 is 2. The van der Waals surface area contributed by atoms with Gasteiger partial charge in [-0.3, -0.25) is 4.79 Å². The maximum atomic E-state index is 12.8. The molecule has 8 nitrogen and oxygen atoms in total. The smallest absolute Gasteiger partial charge is 0.310 e. The van der Waals surface area contributed by atoms with Crippen molar-refractivity contribution in [3.63, 3.8) is 0 Å². The third kappa shape index (κ3) is 2.52. The van der Waals surface area contributed by atoms with Gasteiger partial charge >= 0.3 is 5.97 Å². The highest BCUT2D eigenvalue weighted by Crippen LogP contribution is 2.54. The average molecular weight is 401 g/mol. The first-order chi connectivity index (χ1) is 14.6. The zero-order valence-electron chi connectivity index (χ0n) is 17.0. The van der Waals surface area contributed by atoms with Gasteiger partial charge in [-0.1, -0.05) is 0 Å². The van der Waals surface area contributed by atoms with Crippen LogP contribution in [0.5, 0.6) is 28.7 Å². The number of benzene rings is 2. The highest BCUT2D eigenvalue weighted by atomic mass is 16.7. The maximum Gasteiger partial charge on any atom is 0.310 e. The number of hydrogen-bond acceptors (Lipinski definition) is 8. The first-order valence-electron chi connectivity index (χ1n) is 9.73. The van der Waals surface area contributed by atoms with E-state index in [4.69, 9.17) is 36.0 Å². The van der Waals surface area contributed by atoms with E-state index in [2.05, 4.69) is 0 Å². The van der Waals surface area contributed by atoms with Crippen LogP contribution in [0.15, 0.2) is 24.3 Å². The standard InChI is InChI=1S/C21H21NO7/c1-25-15-3-9(4-16(26-2)20(15)23)17-10-5-13-14(29-8-28-13)6-11(10)19(22)12-7-27-21(24)18(12)17/h3-6,12,17-19,23H,7-8,22H2,1-2H3/i/hT. The molecule has 2 heterocycles. The van der Waals surface area contributed by atoms with E-state index in [-0.39, 0.29) is 43.0 Å². The second kappa shape index (κ2) is 6.45. The lowest BCUT2D eigenvalue weighted by Crippen LogP contribution is -2.38. The second-order valence-corrected chi connectivity index (χ2v) is 7.41. The molecule has 2 aromatic carbocycles. The van der Waals surface area contributed by atoms with E-state index in [1.54, 1.807) is 12.1 Å². The zero-order valence-corrected chi connectivity index (χ0v) is 16.0. The molecule has 0 radical (unpaired) electrons. The molecule has 4 unspecified atom stereocenters. The van der Waals surface area contributed by atoms with E-state index in [1.165, 1.54) is 14.2 Å². The van der Waals surface area contributed by atoms with Gasteiger partial charge in [0, 0.05) is 17.9 Å². The van der Waals surface area contributed by atoms with Crippen molar-refractivity contribution in [1.82, 2.24) is 0 Å². The van der Waals surface area contributed by atoms with Gasteiger partial charge in [0.15, 0.2) is 23.0 Å². The van der Waals surface area contributed by atoms with E-state index in [0.29, 0.717) is 23.0 Å². The molecule has 3 aliphatic rings. The van der Waals surface area contributed by atoms with E-state index in [9.17, 15) is 4.79 Å². The molecule has 1 aliphatic carbocycles. The molecule has 0 saturated carbocycles. The van der Waals surface area contributed by atoms with Crippen LogP contribution in [0.3, 0.4) is 0 Å². The van der Waals surface area contributed by atoms with Crippen molar-refractivity contribution in [2.75, 3.05) is 27.6 Å². The lowest BCUT2D eigenvalue weighted by molar-refractivity contribution is -0.141. The maximum absolute atomic E-state index is 12.8. The fourth-order valence-corrected chi connectivity index (χ4v) is 4.69. The van der Waals surface area contributed by atoms with Gasteiger partial charge < -0.3 is 34.5 Å². The summed E-state index contributed by atoms with van der Waals surface area (Å²) in [5.41, 5.74) is 9.09. The quantitative estimate of drug-likeness (QED) is 0.750. The Kier molecular flexibility index (Phi) is 3.73. The predicted octanol–water partition coefficient (Wildman–Crippen LogP) is 2.07. The van der Waals surface area contributed by atoms with Gasteiger partial charge in [0.05, 0.1) is 26.7 Å². The summed E-state index contributed by atoms with van der Waals surface area (Å²) in [4.78, 5) is 12.8. The van der Waals surface area contributed by atoms with Crippen molar-refractivity contribution in [2.45, 2.75) is 12.0 Å². The van der Waals surface area contributed by atoms with Crippen molar-refractivity contribution in [3.8, 4) is 28.7 Å². The van der Waals surface area contributed by atoms with Crippen LogP contribution in [0.2, 0.25) is 0 Å². The summed E-state index contributed by atoms with van der Waals surface area (Å²) in [6.45, 7) is 0.404.